The molecule has 0 spiro atoms. The van der Waals surface area contributed by atoms with Crippen LogP contribution in [0.15, 0.2) is 36.4 Å². The van der Waals surface area contributed by atoms with Crippen LogP contribution >= 0.6 is 0 Å². The number of nitrogens with zero attached hydrogens (tertiary/aromatic N) is 1. The Bertz CT molecular complexity index is 864. The summed E-state index contributed by atoms with van der Waals surface area (Å²) in [6.45, 7) is 6.09. The van der Waals surface area contributed by atoms with Crippen LogP contribution in [0, 0.1) is 13.8 Å². The fourth-order valence-corrected chi connectivity index (χ4v) is 3.74. The van der Waals surface area contributed by atoms with Crippen molar-refractivity contribution in [1.82, 2.24) is 5.32 Å². The molecule has 2 amide bonds. The number of hydrogen-bond donors (Lipinski definition) is 1. The number of nitrogens with one attached hydrogen (secondary N) is 1. The van der Waals surface area contributed by atoms with E-state index in [2.05, 4.69) is 19.2 Å². The van der Waals surface area contributed by atoms with E-state index in [1.807, 2.05) is 43.3 Å². The first-order valence-electron chi connectivity index (χ1n) is 8.46. The van der Waals surface area contributed by atoms with E-state index in [1.54, 1.807) is 12.0 Å². The first kappa shape index (κ1) is 15.8. The quantitative estimate of drug-likeness (QED) is 0.897. The van der Waals surface area contributed by atoms with Crippen molar-refractivity contribution < 1.29 is 14.3 Å². The van der Waals surface area contributed by atoms with Crippen LogP contribution in [0.3, 0.4) is 0 Å². The molecule has 2 aliphatic rings. The highest BCUT2D eigenvalue weighted by molar-refractivity contribution is 5.95. The van der Waals surface area contributed by atoms with Gasteiger partial charge in [0.2, 0.25) is 0 Å². The summed E-state index contributed by atoms with van der Waals surface area (Å²) >= 11 is 0. The lowest BCUT2D eigenvalue weighted by Crippen LogP contribution is -2.65. The van der Waals surface area contributed by atoms with Gasteiger partial charge < -0.3 is 14.8 Å². The molecule has 0 aliphatic carbocycles. The van der Waals surface area contributed by atoms with Crippen molar-refractivity contribution in [2.75, 3.05) is 12.0 Å². The lowest BCUT2D eigenvalue weighted by Gasteiger charge is -2.50. The number of amides is 2. The van der Waals surface area contributed by atoms with E-state index >= 15 is 0 Å². The molecule has 0 aromatic heterocycles. The SMILES string of the molecule is COc1ccc2c(c1)C1C[C@](C)(O2)N(c2ccc(C)c(C)c2)C(=O)N1. The van der Waals surface area contributed by atoms with E-state index in [9.17, 15) is 4.79 Å². The average molecular weight is 338 g/mol. The van der Waals surface area contributed by atoms with Crippen LogP contribution < -0.4 is 19.7 Å². The minimum absolute atomic E-state index is 0.0841. The third-order valence-electron chi connectivity index (χ3n) is 5.23. The minimum atomic E-state index is -0.726. The second-order valence-electron chi connectivity index (χ2n) is 6.99. The Morgan fingerprint density at radius 3 is 2.72 bits per heavy atom. The van der Waals surface area contributed by atoms with Gasteiger partial charge in [-0.25, -0.2) is 4.79 Å². The molecule has 1 N–H and O–H groups in total. The van der Waals surface area contributed by atoms with Gasteiger partial charge in [-0.3, -0.25) is 4.90 Å². The van der Waals surface area contributed by atoms with Crippen LogP contribution in [0.4, 0.5) is 10.5 Å². The molecule has 0 radical (unpaired) electrons. The predicted molar refractivity (Wildman–Crippen MR) is 96.3 cm³/mol. The first-order valence-corrected chi connectivity index (χ1v) is 8.46. The second-order valence-corrected chi connectivity index (χ2v) is 6.99. The van der Waals surface area contributed by atoms with Crippen molar-refractivity contribution in [3.8, 4) is 11.5 Å². The van der Waals surface area contributed by atoms with Gasteiger partial charge in [0.1, 0.15) is 11.5 Å². The van der Waals surface area contributed by atoms with Gasteiger partial charge in [-0.15, -0.1) is 0 Å². The third-order valence-corrected chi connectivity index (χ3v) is 5.23. The number of methoxy groups -OCH3 is 1. The van der Waals surface area contributed by atoms with Crippen LogP contribution in [0.25, 0.3) is 0 Å². The summed E-state index contributed by atoms with van der Waals surface area (Å²) in [4.78, 5) is 14.6. The van der Waals surface area contributed by atoms with Crippen molar-refractivity contribution in [3.05, 3.63) is 53.1 Å². The lowest BCUT2D eigenvalue weighted by molar-refractivity contribution is 0.0377. The van der Waals surface area contributed by atoms with Crippen LogP contribution in [0.1, 0.15) is 36.1 Å². The summed E-state index contributed by atoms with van der Waals surface area (Å²) < 4.78 is 11.6. The Hall–Kier alpha value is -2.69. The number of aryl methyl sites for hydroxylation is 2. The highest BCUT2D eigenvalue weighted by Gasteiger charge is 2.49. The third kappa shape index (κ3) is 2.42. The molecule has 130 valence electrons. The van der Waals surface area contributed by atoms with Crippen molar-refractivity contribution in [2.24, 2.45) is 0 Å². The van der Waals surface area contributed by atoms with Gasteiger partial charge in [0, 0.05) is 17.7 Å². The van der Waals surface area contributed by atoms with Crippen LogP contribution in [0.5, 0.6) is 11.5 Å². The number of hydrogen-bond acceptors (Lipinski definition) is 3. The number of urea groups is 1. The Balaban J connectivity index is 1.78. The van der Waals surface area contributed by atoms with Gasteiger partial charge in [-0.1, -0.05) is 6.07 Å². The summed E-state index contributed by atoms with van der Waals surface area (Å²) in [5.74, 6) is 1.55. The predicted octanol–water partition coefficient (Wildman–Crippen LogP) is 4.08. The van der Waals surface area contributed by atoms with Gasteiger partial charge in [0.15, 0.2) is 5.72 Å². The van der Waals surface area contributed by atoms with Crippen LogP contribution in [0.2, 0.25) is 0 Å². The van der Waals surface area contributed by atoms with E-state index in [1.165, 1.54) is 5.56 Å². The maximum atomic E-state index is 12.9. The number of carbonyl (C=O) groups is 1. The molecule has 1 unspecified atom stereocenters. The van der Waals surface area contributed by atoms with Crippen molar-refractivity contribution in [1.29, 1.82) is 0 Å². The van der Waals surface area contributed by atoms with E-state index < -0.39 is 5.72 Å². The van der Waals surface area contributed by atoms with Gasteiger partial charge in [0.25, 0.3) is 0 Å². The first-order chi connectivity index (χ1) is 11.9. The molecule has 1 fully saturated rings. The monoisotopic (exact) mass is 338 g/mol. The fourth-order valence-electron chi connectivity index (χ4n) is 3.74. The van der Waals surface area contributed by atoms with E-state index in [4.69, 9.17) is 9.47 Å². The lowest BCUT2D eigenvalue weighted by atomic mass is 9.90. The van der Waals surface area contributed by atoms with E-state index in [0.29, 0.717) is 6.42 Å². The van der Waals surface area contributed by atoms with Crippen LogP contribution in [-0.4, -0.2) is 18.9 Å². The molecule has 2 atom stereocenters. The molecule has 2 bridgehead atoms. The van der Waals surface area contributed by atoms with Crippen molar-refractivity contribution in [3.63, 3.8) is 0 Å². The Morgan fingerprint density at radius 2 is 2.00 bits per heavy atom. The number of ether oxygens (including phenoxy) is 2. The highest BCUT2D eigenvalue weighted by atomic mass is 16.5. The normalized spacial score (nSPS) is 24.2. The van der Waals surface area contributed by atoms with Gasteiger partial charge in [-0.2, -0.15) is 0 Å². The zero-order valence-electron chi connectivity index (χ0n) is 14.9. The average Bonchev–Trinajstić information content (AvgIpc) is 2.57. The van der Waals surface area contributed by atoms with Gasteiger partial charge in [0.05, 0.1) is 13.2 Å². The van der Waals surface area contributed by atoms with E-state index in [0.717, 1.165) is 28.3 Å². The van der Waals surface area contributed by atoms with Crippen LogP contribution in [-0.2, 0) is 0 Å². The summed E-state index contributed by atoms with van der Waals surface area (Å²) in [6.07, 6.45) is 0.672. The molecule has 0 saturated carbocycles. The molecular weight excluding hydrogens is 316 g/mol. The largest absolute Gasteiger partial charge is 0.497 e. The molecule has 25 heavy (non-hydrogen) atoms. The Kier molecular flexibility index (Phi) is 3.42. The maximum absolute atomic E-state index is 12.9. The Morgan fingerprint density at radius 1 is 1.20 bits per heavy atom. The molecule has 2 aromatic carbocycles. The zero-order valence-corrected chi connectivity index (χ0v) is 14.9. The zero-order chi connectivity index (χ0) is 17.8. The van der Waals surface area contributed by atoms with Crippen molar-refractivity contribution in [2.45, 2.75) is 39.0 Å². The molecule has 2 aromatic rings. The smallest absolute Gasteiger partial charge is 0.325 e. The maximum Gasteiger partial charge on any atom is 0.325 e. The van der Waals surface area contributed by atoms with E-state index in [-0.39, 0.29) is 12.1 Å². The summed E-state index contributed by atoms with van der Waals surface area (Å²) in [5, 5.41) is 3.11. The van der Waals surface area contributed by atoms with Gasteiger partial charge in [-0.05, 0) is 62.2 Å². The number of carbonyl (C=O) groups excluding carboxylic acids is 1. The molecule has 4 rings (SSSR count). The standard InChI is InChI=1S/C20H22N2O3/c1-12-5-6-14(9-13(12)2)22-19(23)21-17-11-20(22,3)25-18-8-7-15(24-4)10-16(17)18/h5-10,17H,11H2,1-4H3,(H,21,23)/t17?,20-/m0/s1. The summed E-state index contributed by atoms with van der Waals surface area (Å²) in [5.41, 5.74) is 3.43. The molecule has 5 nitrogen and oxygen atoms in total. The Labute approximate surface area is 147 Å². The highest BCUT2D eigenvalue weighted by Crippen LogP contribution is 2.46. The van der Waals surface area contributed by atoms with Gasteiger partial charge >= 0.3 is 6.03 Å². The summed E-state index contributed by atoms with van der Waals surface area (Å²) in [7, 11) is 1.64. The minimum Gasteiger partial charge on any atom is -0.497 e. The number of fused-ring (bicyclic) bond motifs is 4. The molecule has 5 heteroatoms. The molecular formula is C20H22N2O3. The number of benzene rings is 2. The number of rotatable bonds is 2. The molecule has 1 saturated heterocycles. The van der Waals surface area contributed by atoms with Crippen molar-refractivity contribution >= 4 is 11.7 Å². The topological polar surface area (TPSA) is 50.8 Å². The molecule has 2 heterocycles. The molecule has 2 aliphatic heterocycles. The summed E-state index contributed by atoms with van der Waals surface area (Å²) in [6, 6.07) is 11.5. The number of anilines is 1. The second kappa shape index (κ2) is 5.41. The fraction of sp³-hybridized carbons (Fsp3) is 0.350.